The molecule has 0 fully saturated rings. The molecule has 4 N–H and O–H groups in total. The number of hydrogen-bond donors (Lipinski definition) is 2. The first-order valence-electron chi connectivity index (χ1n) is 5.96. The lowest BCUT2D eigenvalue weighted by Crippen LogP contribution is -2.10. The molecule has 0 spiro atoms. The van der Waals surface area contributed by atoms with Gasteiger partial charge in [0.2, 0.25) is 0 Å². The predicted molar refractivity (Wildman–Crippen MR) is 69.9 cm³/mol. The maximum atomic E-state index is 14.1. The van der Waals surface area contributed by atoms with E-state index in [-0.39, 0.29) is 0 Å². The van der Waals surface area contributed by atoms with Crippen LogP contribution in [0.3, 0.4) is 0 Å². The third-order valence-corrected chi connectivity index (χ3v) is 3.45. The number of rotatable bonds is 1. The normalized spacial score (nSPS) is 11.1. The minimum Gasteiger partial charge on any atom is -0.396 e. The molecule has 0 saturated carbocycles. The van der Waals surface area contributed by atoms with Gasteiger partial charge >= 0.3 is 0 Å². The van der Waals surface area contributed by atoms with Gasteiger partial charge in [-0.2, -0.15) is 0 Å². The molecule has 0 radical (unpaired) electrons. The first-order valence-corrected chi connectivity index (χ1v) is 5.96. The fourth-order valence-electron chi connectivity index (χ4n) is 2.03. The highest BCUT2D eigenvalue weighted by Crippen LogP contribution is 2.39. The predicted octanol–water partition coefficient (Wildman–Crippen LogP) is 3.97. The highest BCUT2D eigenvalue weighted by atomic mass is 19.2. The largest absolute Gasteiger partial charge is 0.396 e. The summed E-state index contributed by atoms with van der Waals surface area (Å²) >= 11 is 0. The molecule has 118 valence electrons. The Kier molecular flexibility index (Phi) is 3.72. The fourth-order valence-corrected chi connectivity index (χ4v) is 2.03. The molecule has 0 aliphatic rings. The fraction of sp³-hybridized carbons (Fsp3) is 0.143. The molecule has 2 nitrogen and oxygen atoms in total. The summed E-state index contributed by atoms with van der Waals surface area (Å²) in [6.07, 6.45) is 0. The molecule has 2 aromatic carbocycles. The molecule has 0 atom stereocenters. The van der Waals surface area contributed by atoms with Gasteiger partial charge in [0.15, 0.2) is 23.3 Å². The minimum absolute atomic E-state index is 0.553. The van der Waals surface area contributed by atoms with Crippen molar-refractivity contribution in [1.82, 2.24) is 0 Å². The quantitative estimate of drug-likeness (QED) is 0.474. The Labute approximate surface area is 121 Å². The van der Waals surface area contributed by atoms with Gasteiger partial charge in [-0.3, -0.25) is 0 Å². The van der Waals surface area contributed by atoms with E-state index in [1.807, 2.05) is 0 Å². The average molecular weight is 320 g/mol. The number of hydrogen-bond acceptors (Lipinski definition) is 2. The number of halogens is 6. The van der Waals surface area contributed by atoms with Gasteiger partial charge in [-0.25, -0.2) is 26.3 Å². The Morgan fingerprint density at radius 1 is 0.500 bits per heavy atom. The van der Waals surface area contributed by atoms with Crippen molar-refractivity contribution in [2.75, 3.05) is 11.5 Å². The Morgan fingerprint density at radius 3 is 1.05 bits per heavy atom. The Hall–Kier alpha value is -2.38. The maximum Gasteiger partial charge on any atom is 0.182 e. The summed E-state index contributed by atoms with van der Waals surface area (Å²) in [5.74, 6) is -10.2. The van der Waals surface area contributed by atoms with Gasteiger partial charge in [0.25, 0.3) is 0 Å². The monoisotopic (exact) mass is 320 g/mol. The molecule has 0 aromatic heterocycles. The Bertz CT molecular complexity index is 675. The molecule has 0 amide bonds. The van der Waals surface area contributed by atoms with E-state index in [0.717, 1.165) is 13.8 Å². The molecule has 0 aliphatic heterocycles. The number of nitrogen functional groups attached to an aromatic ring is 2. The lowest BCUT2D eigenvalue weighted by molar-refractivity contribution is 0.484. The molecule has 0 heterocycles. The molecule has 0 bridgehead atoms. The van der Waals surface area contributed by atoms with Crippen molar-refractivity contribution in [2.45, 2.75) is 13.8 Å². The van der Waals surface area contributed by atoms with Crippen LogP contribution < -0.4 is 11.5 Å². The van der Waals surface area contributed by atoms with E-state index in [9.17, 15) is 26.3 Å². The summed E-state index contributed by atoms with van der Waals surface area (Å²) in [7, 11) is 0. The Morgan fingerprint density at radius 2 is 0.773 bits per heavy atom. The molecule has 0 unspecified atom stereocenters. The van der Waals surface area contributed by atoms with Crippen molar-refractivity contribution < 1.29 is 26.3 Å². The van der Waals surface area contributed by atoms with Crippen molar-refractivity contribution in [3.63, 3.8) is 0 Å². The second-order valence-electron chi connectivity index (χ2n) is 4.71. The topological polar surface area (TPSA) is 52.0 Å². The minimum atomic E-state index is -1.91. The molecular formula is C14H10F6N2. The van der Waals surface area contributed by atoms with E-state index in [0.29, 0.717) is 0 Å². The van der Waals surface area contributed by atoms with Crippen molar-refractivity contribution in [2.24, 2.45) is 0 Å². The van der Waals surface area contributed by atoms with Crippen LogP contribution >= 0.6 is 0 Å². The third-order valence-electron chi connectivity index (χ3n) is 3.45. The maximum absolute atomic E-state index is 14.1. The van der Waals surface area contributed by atoms with Crippen molar-refractivity contribution in [1.29, 1.82) is 0 Å². The van der Waals surface area contributed by atoms with E-state index in [1.54, 1.807) is 0 Å². The van der Waals surface area contributed by atoms with Crippen LogP contribution in [0.5, 0.6) is 0 Å². The van der Waals surface area contributed by atoms with Gasteiger partial charge in [-0.05, 0) is 13.8 Å². The highest BCUT2D eigenvalue weighted by molar-refractivity contribution is 5.74. The van der Waals surface area contributed by atoms with Crippen LogP contribution in [0.25, 0.3) is 11.1 Å². The zero-order valence-electron chi connectivity index (χ0n) is 11.4. The first kappa shape index (κ1) is 16.0. The van der Waals surface area contributed by atoms with E-state index in [1.165, 1.54) is 0 Å². The van der Waals surface area contributed by atoms with E-state index < -0.39 is 68.5 Å². The zero-order chi connectivity index (χ0) is 16.9. The van der Waals surface area contributed by atoms with Crippen LogP contribution in [-0.4, -0.2) is 0 Å². The molecular weight excluding hydrogens is 310 g/mol. The first-order chi connectivity index (χ1) is 10.1. The summed E-state index contributed by atoms with van der Waals surface area (Å²) in [5, 5.41) is 0. The van der Waals surface area contributed by atoms with E-state index in [2.05, 4.69) is 0 Å². The van der Waals surface area contributed by atoms with Gasteiger partial charge < -0.3 is 11.5 Å². The zero-order valence-corrected chi connectivity index (χ0v) is 11.4. The van der Waals surface area contributed by atoms with Crippen LogP contribution in [-0.2, 0) is 0 Å². The summed E-state index contributed by atoms with van der Waals surface area (Å²) in [4.78, 5) is 0. The van der Waals surface area contributed by atoms with Gasteiger partial charge in [0.1, 0.15) is 11.6 Å². The summed E-state index contributed by atoms with van der Waals surface area (Å²) in [6, 6.07) is 0. The lowest BCUT2D eigenvalue weighted by Gasteiger charge is -2.15. The highest BCUT2D eigenvalue weighted by Gasteiger charge is 2.30. The van der Waals surface area contributed by atoms with Crippen LogP contribution in [0, 0.1) is 48.8 Å². The standard InChI is InChI=1S/C14H10F6N2/c1-3-7(15)5(9(17)11(19)13(3)21)6-8(16)4(2)14(22)12(20)10(6)18/h21-22H2,1-2H3. The second kappa shape index (κ2) is 5.11. The SMILES string of the molecule is Cc1c(N)c(F)c(F)c(-c2c(F)c(C)c(N)c(F)c2F)c1F. The average Bonchev–Trinajstić information content (AvgIpc) is 2.50. The van der Waals surface area contributed by atoms with Gasteiger partial charge in [-0.1, -0.05) is 0 Å². The van der Waals surface area contributed by atoms with Gasteiger partial charge in [-0.15, -0.1) is 0 Å². The number of anilines is 2. The van der Waals surface area contributed by atoms with Crippen LogP contribution in [0.1, 0.15) is 11.1 Å². The van der Waals surface area contributed by atoms with E-state index in [4.69, 9.17) is 11.5 Å². The van der Waals surface area contributed by atoms with Crippen molar-refractivity contribution in [3.8, 4) is 11.1 Å². The molecule has 0 aliphatic carbocycles. The van der Waals surface area contributed by atoms with Crippen molar-refractivity contribution >= 4 is 11.4 Å². The summed E-state index contributed by atoms with van der Waals surface area (Å²) < 4.78 is 83.4. The molecule has 8 heteroatoms. The number of benzene rings is 2. The smallest absolute Gasteiger partial charge is 0.182 e. The molecule has 2 rings (SSSR count). The van der Waals surface area contributed by atoms with E-state index >= 15 is 0 Å². The van der Waals surface area contributed by atoms with Crippen LogP contribution in [0.15, 0.2) is 0 Å². The third kappa shape index (κ3) is 1.98. The van der Waals surface area contributed by atoms with Gasteiger partial charge in [0.05, 0.1) is 22.5 Å². The summed E-state index contributed by atoms with van der Waals surface area (Å²) in [5.41, 5.74) is 4.77. The number of nitrogens with two attached hydrogens (primary N) is 2. The molecule has 22 heavy (non-hydrogen) atoms. The van der Waals surface area contributed by atoms with Gasteiger partial charge in [0, 0.05) is 11.1 Å². The lowest BCUT2D eigenvalue weighted by atomic mass is 9.96. The molecule has 2 aromatic rings. The van der Waals surface area contributed by atoms with Crippen LogP contribution in [0.4, 0.5) is 37.7 Å². The second-order valence-corrected chi connectivity index (χ2v) is 4.71. The van der Waals surface area contributed by atoms with Crippen molar-refractivity contribution in [3.05, 3.63) is 46.0 Å². The van der Waals surface area contributed by atoms with Crippen LogP contribution in [0.2, 0.25) is 0 Å². The molecule has 0 saturated heterocycles. The summed E-state index contributed by atoms with van der Waals surface area (Å²) in [6.45, 7) is 1.99. The Balaban J connectivity index is 3.03.